The lowest BCUT2D eigenvalue weighted by molar-refractivity contribution is -0.253. The molecule has 1 saturated heterocycles. The molecule has 1 heterocycles. The largest absolute Gasteiger partial charge is 0.394 e. The second-order valence-corrected chi connectivity index (χ2v) is 3.47. The Morgan fingerprint density at radius 1 is 1.38 bits per heavy atom. The summed E-state index contributed by atoms with van der Waals surface area (Å²) in [5, 5.41) is 39.6. The summed E-state index contributed by atoms with van der Waals surface area (Å²) in [5.74, 6) is -0.610. The summed E-state index contributed by atoms with van der Waals surface area (Å²) in [6.07, 6.45) is -4.43. The van der Waals surface area contributed by atoms with Gasteiger partial charge >= 0.3 is 0 Å². The first-order valence-electron chi connectivity index (χ1n) is 4.74. The molecule has 0 aromatic rings. The third-order valence-corrected chi connectivity index (χ3v) is 2.39. The Balaban J connectivity index is 2.71. The Kier molecular flexibility index (Phi) is 4.39. The second-order valence-electron chi connectivity index (χ2n) is 3.47. The summed E-state index contributed by atoms with van der Waals surface area (Å²) in [6.45, 7) is 2.66. The number of hydrogen-bond donors (Lipinski definition) is 5. The Bertz CT molecular complexity index is 271. The van der Waals surface area contributed by atoms with Crippen molar-refractivity contribution < 1.29 is 30.0 Å². The van der Waals surface area contributed by atoms with E-state index in [1.165, 1.54) is 0 Å². The average Bonchev–Trinajstić information content (AvgIpc) is 2.28. The zero-order valence-corrected chi connectivity index (χ0v) is 8.48. The number of nitrogens with one attached hydrogen (secondary N) is 1. The minimum atomic E-state index is -1.50. The summed E-state index contributed by atoms with van der Waals surface area (Å²) >= 11 is 0. The number of rotatable bonds is 3. The van der Waals surface area contributed by atoms with Crippen LogP contribution in [0.4, 0.5) is 0 Å². The fourth-order valence-electron chi connectivity index (χ4n) is 1.48. The van der Waals surface area contributed by atoms with E-state index in [0.29, 0.717) is 0 Å². The van der Waals surface area contributed by atoms with Crippen molar-refractivity contribution in [1.29, 1.82) is 0 Å². The quantitative estimate of drug-likeness (QED) is 0.333. The van der Waals surface area contributed by atoms with Crippen molar-refractivity contribution >= 4 is 5.91 Å². The van der Waals surface area contributed by atoms with E-state index >= 15 is 0 Å². The van der Waals surface area contributed by atoms with Crippen LogP contribution in [0.3, 0.4) is 0 Å². The standard InChI is InChI=1S/C9H15NO6/c1-2-5(12)10-6-8(14)7(13)4(3-11)16-9(6)15/h2,4,6-9,11,13-15H,1,3H2,(H,10,12)/t4-,6-,7-,8-,9-/m1/s1. The van der Waals surface area contributed by atoms with Gasteiger partial charge in [0.25, 0.3) is 0 Å². The molecule has 0 aromatic heterocycles. The maximum Gasteiger partial charge on any atom is 0.243 e. The second kappa shape index (κ2) is 5.37. The fraction of sp³-hybridized carbons (Fsp3) is 0.667. The number of amides is 1. The van der Waals surface area contributed by atoms with Crippen LogP contribution in [0.15, 0.2) is 12.7 Å². The lowest BCUT2D eigenvalue weighted by Gasteiger charge is -2.40. The van der Waals surface area contributed by atoms with Gasteiger partial charge in [-0.25, -0.2) is 0 Å². The van der Waals surface area contributed by atoms with Gasteiger partial charge in [-0.15, -0.1) is 0 Å². The summed E-state index contributed by atoms with van der Waals surface area (Å²) < 4.78 is 4.82. The van der Waals surface area contributed by atoms with Gasteiger partial charge in [-0.3, -0.25) is 4.79 Å². The van der Waals surface area contributed by atoms with Gasteiger partial charge in [0, 0.05) is 0 Å². The highest BCUT2D eigenvalue weighted by Gasteiger charge is 2.43. The molecule has 1 rings (SSSR count). The van der Waals surface area contributed by atoms with Crippen LogP contribution >= 0.6 is 0 Å². The minimum Gasteiger partial charge on any atom is -0.394 e. The summed E-state index contributed by atoms with van der Waals surface area (Å²) in [4.78, 5) is 11.0. The molecule has 7 heteroatoms. The molecule has 0 unspecified atom stereocenters. The van der Waals surface area contributed by atoms with Crippen LogP contribution in [0.2, 0.25) is 0 Å². The lowest BCUT2D eigenvalue weighted by atomic mass is 9.97. The van der Waals surface area contributed by atoms with Gasteiger partial charge in [0.15, 0.2) is 6.29 Å². The van der Waals surface area contributed by atoms with Gasteiger partial charge in [0.2, 0.25) is 5.91 Å². The monoisotopic (exact) mass is 233 g/mol. The molecule has 92 valence electrons. The maximum absolute atomic E-state index is 11.0. The summed E-state index contributed by atoms with van der Waals surface area (Å²) in [7, 11) is 0. The van der Waals surface area contributed by atoms with Crippen molar-refractivity contribution in [2.75, 3.05) is 6.61 Å². The van der Waals surface area contributed by atoms with Crippen molar-refractivity contribution in [3.8, 4) is 0 Å². The number of aliphatic hydroxyl groups is 4. The van der Waals surface area contributed by atoms with E-state index in [1.807, 2.05) is 0 Å². The minimum absolute atomic E-state index is 0.544. The molecule has 0 bridgehead atoms. The molecule has 0 radical (unpaired) electrons. The number of carbonyl (C=O) groups is 1. The molecule has 0 aromatic carbocycles. The Labute approximate surface area is 92.0 Å². The molecule has 0 aliphatic carbocycles. The predicted molar refractivity (Wildman–Crippen MR) is 52.1 cm³/mol. The van der Waals surface area contributed by atoms with Crippen molar-refractivity contribution in [2.24, 2.45) is 0 Å². The number of hydrogen-bond acceptors (Lipinski definition) is 6. The molecular formula is C9H15NO6. The lowest BCUT2D eigenvalue weighted by Crippen LogP contribution is -2.64. The van der Waals surface area contributed by atoms with E-state index in [-0.39, 0.29) is 0 Å². The SMILES string of the molecule is C=CC(=O)N[C@@H]1[C@@H](O)[C@H](O)[C@@H](CO)O[C@H]1O. The smallest absolute Gasteiger partial charge is 0.243 e. The van der Waals surface area contributed by atoms with Crippen LogP contribution in [0.1, 0.15) is 0 Å². The first kappa shape index (κ1) is 13.1. The van der Waals surface area contributed by atoms with Crippen LogP contribution in [-0.4, -0.2) is 63.6 Å². The molecule has 1 fully saturated rings. The van der Waals surface area contributed by atoms with Gasteiger partial charge in [0.1, 0.15) is 24.4 Å². The van der Waals surface area contributed by atoms with E-state index in [4.69, 9.17) is 9.84 Å². The molecule has 16 heavy (non-hydrogen) atoms. The zero-order valence-electron chi connectivity index (χ0n) is 8.48. The summed E-state index contributed by atoms with van der Waals surface area (Å²) in [5.41, 5.74) is 0. The summed E-state index contributed by atoms with van der Waals surface area (Å²) in [6, 6.07) is -1.16. The van der Waals surface area contributed by atoms with Crippen molar-refractivity contribution in [1.82, 2.24) is 5.32 Å². The van der Waals surface area contributed by atoms with Crippen LogP contribution in [0.5, 0.6) is 0 Å². The molecule has 7 nitrogen and oxygen atoms in total. The van der Waals surface area contributed by atoms with E-state index in [0.717, 1.165) is 6.08 Å². The van der Waals surface area contributed by atoms with Crippen molar-refractivity contribution in [2.45, 2.75) is 30.6 Å². The van der Waals surface area contributed by atoms with Crippen molar-refractivity contribution in [3.63, 3.8) is 0 Å². The van der Waals surface area contributed by atoms with Gasteiger partial charge in [-0.05, 0) is 6.08 Å². The first-order chi connectivity index (χ1) is 7.51. The highest BCUT2D eigenvalue weighted by atomic mass is 16.6. The molecule has 5 N–H and O–H groups in total. The average molecular weight is 233 g/mol. The Morgan fingerprint density at radius 2 is 2.00 bits per heavy atom. The molecule has 1 aliphatic rings. The molecule has 0 saturated carbocycles. The highest BCUT2D eigenvalue weighted by Crippen LogP contribution is 2.19. The zero-order chi connectivity index (χ0) is 12.3. The molecule has 5 atom stereocenters. The van der Waals surface area contributed by atoms with Gasteiger partial charge in [-0.1, -0.05) is 6.58 Å². The Hall–Kier alpha value is -0.990. The van der Waals surface area contributed by atoms with Crippen LogP contribution in [0.25, 0.3) is 0 Å². The van der Waals surface area contributed by atoms with E-state index in [1.54, 1.807) is 0 Å². The predicted octanol–water partition coefficient (Wildman–Crippen LogP) is -2.91. The molecular weight excluding hydrogens is 218 g/mol. The third-order valence-electron chi connectivity index (χ3n) is 2.39. The van der Waals surface area contributed by atoms with Crippen LogP contribution in [-0.2, 0) is 9.53 Å². The van der Waals surface area contributed by atoms with E-state index in [2.05, 4.69) is 11.9 Å². The first-order valence-corrected chi connectivity index (χ1v) is 4.74. The fourth-order valence-corrected chi connectivity index (χ4v) is 1.48. The Morgan fingerprint density at radius 3 is 2.50 bits per heavy atom. The van der Waals surface area contributed by atoms with Gasteiger partial charge in [-0.2, -0.15) is 0 Å². The van der Waals surface area contributed by atoms with Crippen LogP contribution < -0.4 is 5.32 Å². The van der Waals surface area contributed by atoms with Gasteiger partial charge < -0.3 is 30.5 Å². The van der Waals surface area contributed by atoms with E-state index < -0.39 is 43.2 Å². The molecule has 1 aliphatic heterocycles. The van der Waals surface area contributed by atoms with E-state index in [9.17, 15) is 20.1 Å². The maximum atomic E-state index is 11.0. The molecule has 0 spiro atoms. The number of carbonyl (C=O) groups excluding carboxylic acids is 1. The van der Waals surface area contributed by atoms with Crippen LogP contribution in [0, 0.1) is 0 Å². The number of aliphatic hydroxyl groups excluding tert-OH is 4. The van der Waals surface area contributed by atoms with Gasteiger partial charge in [0.05, 0.1) is 6.61 Å². The topological polar surface area (TPSA) is 119 Å². The third kappa shape index (κ3) is 2.57. The molecule has 1 amide bonds. The normalized spacial score (nSPS) is 39.1. The highest BCUT2D eigenvalue weighted by molar-refractivity contribution is 5.87. The van der Waals surface area contributed by atoms with Crippen molar-refractivity contribution in [3.05, 3.63) is 12.7 Å². The number of ether oxygens (including phenoxy) is 1.